The highest BCUT2D eigenvalue weighted by atomic mass is 35.5. The average molecular weight is 398 g/mol. The van der Waals surface area contributed by atoms with E-state index in [-0.39, 0.29) is 11.9 Å². The average Bonchev–Trinajstić information content (AvgIpc) is 3.13. The van der Waals surface area contributed by atoms with Crippen molar-refractivity contribution in [2.24, 2.45) is 0 Å². The molecule has 146 valence electrons. The normalized spacial score (nSPS) is 22.0. The van der Waals surface area contributed by atoms with Crippen LogP contribution in [0.5, 0.6) is 0 Å². The third kappa shape index (κ3) is 3.47. The molecule has 0 aromatic heterocycles. The maximum atomic E-state index is 13.5. The van der Waals surface area contributed by atoms with E-state index in [1.807, 2.05) is 47.4 Å². The molecule has 2 saturated heterocycles. The quantitative estimate of drug-likeness (QED) is 0.827. The molecule has 1 unspecified atom stereocenters. The van der Waals surface area contributed by atoms with Crippen molar-refractivity contribution in [2.75, 3.05) is 18.4 Å². The number of carbonyl (C=O) groups is 2. The molecular weight excluding hydrogens is 374 g/mol. The number of nitrogens with zero attached hydrogens (tertiary/aromatic N) is 2. The van der Waals surface area contributed by atoms with Crippen LogP contribution in [0.3, 0.4) is 0 Å². The highest BCUT2D eigenvalue weighted by Gasteiger charge is 2.52. The van der Waals surface area contributed by atoms with Crippen LogP contribution in [0, 0.1) is 0 Å². The Morgan fingerprint density at radius 2 is 1.68 bits per heavy atom. The van der Waals surface area contributed by atoms with Crippen LogP contribution in [-0.2, 0) is 11.3 Å². The minimum atomic E-state index is -0.738. The molecule has 5 nitrogen and oxygen atoms in total. The topological polar surface area (TPSA) is 52.7 Å². The van der Waals surface area contributed by atoms with Gasteiger partial charge < -0.3 is 15.1 Å². The summed E-state index contributed by atoms with van der Waals surface area (Å²) in [7, 11) is 0. The van der Waals surface area contributed by atoms with Gasteiger partial charge in [-0.3, -0.25) is 4.79 Å². The van der Waals surface area contributed by atoms with Crippen LogP contribution < -0.4 is 5.32 Å². The van der Waals surface area contributed by atoms with Gasteiger partial charge in [0.05, 0.1) is 10.7 Å². The van der Waals surface area contributed by atoms with Crippen LogP contribution in [0.1, 0.15) is 31.2 Å². The summed E-state index contributed by atoms with van der Waals surface area (Å²) in [4.78, 5) is 30.1. The number of halogens is 1. The number of nitrogens with one attached hydrogen (secondary N) is 1. The molecule has 1 spiro atoms. The van der Waals surface area contributed by atoms with Crippen LogP contribution >= 0.6 is 11.6 Å². The number of amides is 3. The maximum absolute atomic E-state index is 13.5. The van der Waals surface area contributed by atoms with Gasteiger partial charge in [0.2, 0.25) is 5.91 Å². The summed E-state index contributed by atoms with van der Waals surface area (Å²) in [6, 6.07) is 16.9. The molecule has 0 aliphatic carbocycles. The molecule has 2 aliphatic heterocycles. The van der Waals surface area contributed by atoms with Crippen molar-refractivity contribution < 1.29 is 9.59 Å². The van der Waals surface area contributed by atoms with Gasteiger partial charge in [-0.05, 0) is 43.4 Å². The van der Waals surface area contributed by atoms with Crippen molar-refractivity contribution in [1.29, 1.82) is 0 Å². The molecule has 0 radical (unpaired) electrons. The molecule has 4 rings (SSSR count). The second-order valence-corrected chi connectivity index (χ2v) is 7.92. The SMILES string of the molecule is O=C(Nc1ccccc1Cl)N1CCCC12CCCN(Cc1ccccc1)C2=O. The van der Waals surface area contributed by atoms with E-state index in [0.29, 0.717) is 36.6 Å². The standard InChI is InChI=1S/C22H24ClN3O2/c23-18-10-4-5-11-19(18)24-21(28)26-15-7-13-22(26)12-6-14-25(20(22)27)16-17-8-2-1-3-9-17/h1-5,8-11H,6-7,12-16H2,(H,24,28). The molecule has 0 bridgehead atoms. The number of para-hydroxylation sites is 1. The Morgan fingerprint density at radius 1 is 1.00 bits per heavy atom. The number of hydrogen-bond acceptors (Lipinski definition) is 2. The molecule has 2 aromatic carbocycles. The molecule has 2 aliphatic rings. The van der Waals surface area contributed by atoms with E-state index in [9.17, 15) is 9.59 Å². The first-order chi connectivity index (χ1) is 13.6. The van der Waals surface area contributed by atoms with Gasteiger partial charge in [0.25, 0.3) is 0 Å². The first-order valence-corrected chi connectivity index (χ1v) is 10.1. The zero-order chi connectivity index (χ0) is 19.6. The molecule has 2 aromatic rings. The van der Waals surface area contributed by atoms with Crippen LogP contribution in [0.4, 0.5) is 10.5 Å². The van der Waals surface area contributed by atoms with E-state index in [2.05, 4.69) is 5.32 Å². The lowest BCUT2D eigenvalue weighted by Gasteiger charge is -2.44. The Morgan fingerprint density at radius 3 is 2.43 bits per heavy atom. The predicted octanol–water partition coefficient (Wildman–Crippen LogP) is 4.53. The Hall–Kier alpha value is -2.53. The van der Waals surface area contributed by atoms with E-state index < -0.39 is 5.54 Å². The molecule has 1 N–H and O–H groups in total. The summed E-state index contributed by atoms with van der Waals surface area (Å²) in [5.41, 5.74) is 0.942. The van der Waals surface area contributed by atoms with Crippen molar-refractivity contribution in [3.8, 4) is 0 Å². The van der Waals surface area contributed by atoms with Gasteiger partial charge in [-0.1, -0.05) is 54.1 Å². The zero-order valence-corrected chi connectivity index (χ0v) is 16.5. The Balaban J connectivity index is 1.54. The lowest BCUT2D eigenvalue weighted by Crippen LogP contribution is -2.61. The van der Waals surface area contributed by atoms with Crippen molar-refractivity contribution >= 4 is 29.2 Å². The summed E-state index contributed by atoms with van der Waals surface area (Å²) in [5.74, 6) is 0.0643. The van der Waals surface area contributed by atoms with Crippen LogP contribution in [-0.4, -0.2) is 40.4 Å². The minimum Gasteiger partial charge on any atom is -0.336 e. The van der Waals surface area contributed by atoms with Crippen LogP contribution in [0.2, 0.25) is 5.02 Å². The fourth-order valence-electron chi connectivity index (χ4n) is 4.42. The molecule has 3 amide bonds. The van der Waals surface area contributed by atoms with E-state index in [1.165, 1.54) is 0 Å². The maximum Gasteiger partial charge on any atom is 0.322 e. The lowest BCUT2D eigenvalue weighted by atomic mass is 9.85. The summed E-state index contributed by atoms with van der Waals surface area (Å²) in [6.45, 7) is 1.90. The van der Waals surface area contributed by atoms with Crippen molar-refractivity contribution in [3.05, 3.63) is 65.2 Å². The number of benzene rings is 2. The lowest BCUT2D eigenvalue weighted by molar-refractivity contribution is -0.146. The van der Waals surface area contributed by atoms with Crippen molar-refractivity contribution in [1.82, 2.24) is 9.80 Å². The van der Waals surface area contributed by atoms with E-state index in [0.717, 1.165) is 24.9 Å². The van der Waals surface area contributed by atoms with E-state index in [4.69, 9.17) is 11.6 Å². The van der Waals surface area contributed by atoms with Gasteiger partial charge in [0.1, 0.15) is 5.54 Å². The monoisotopic (exact) mass is 397 g/mol. The third-order valence-corrected chi connectivity index (χ3v) is 6.10. The third-order valence-electron chi connectivity index (χ3n) is 5.77. The predicted molar refractivity (Wildman–Crippen MR) is 110 cm³/mol. The van der Waals surface area contributed by atoms with Crippen LogP contribution in [0.25, 0.3) is 0 Å². The highest BCUT2D eigenvalue weighted by Crippen LogP contribution is 2.39. The summed E-state index contributed by atoms with van der Waals surface area (Å²) < 4.78 is 0. The molecule has 1 atom stereocenters. The van der Waals surface area contributed by atoms with E-state index >= 15 is 0 Å². The Kier molecular flexibility index (Phi) is 5.27. The zero-order valence-electron chi connectivity index (χ0n) is 15.7. The molecule has 28 heavy (non-hydrogen) atoms. The van der Waals surface area contributed by atoms with Crippen LogP contribution in [0.15, 0.2) is 54.6 Å². The second-order valence-electron chi connectivity index (χ2n) is 7.51. The van der Waals surface area contributed by atoms with Crippen molar-refractivity contribution in [3.63, 3.8) is 0 Å². The first-order valence-electron chi connectivity index (χ1n) is 9.77. The van der Waals surface area contributed by atoms with Gasteiger partial charge in [-0.25, -0.2) is 4.79 Å². The molecule has 6 heteroatoms. The van der Waals surface area contributed by atoms with Gasteiger partial charge in [-0.2, -0.15) is 0 Å². The fraction of sp³-hybridized carbons (Fsp3) is 0.364. The fourth-order valence-corrected chi connectivity index (χ4v) is 4.60. The Bertz CT molecular complexity index is 873. The molecule has 2 fully saturated rings. The summed E-state index contributed by atoms with van der Waals surface area (Å²) in [6.07, 6.45) is 3.16. The van der Waals surface area contributed by atoms with Gasteiger partial charge in [-0.15, -0.1) is 0 Å². The van der Waals surface area contributed by atoms with E-state index in [1.54, 1.807) is 17.0 Å². The summed E-state index contributed by atoms with van der Waals surface area (Å²) >= 11 is 6.19. The largest absolute Gasteiger partial charge is 0.336 e. The number of carbonyl (C=O) groups excluding carboxylic acids is 2. The number of hydrogen-bond donors (Lipinski definition) is 1. The molecular formula is C22H24ClN3O2. The summed E-state index contributed by atoms with van der Waals surface area (Å²) in [5, 5.41) is 3.38. The first kappa shape index (κ1) is 18.8. The van der Waals surface area contributed by atoms with Gasteiger partial charge in [0.15, 0.2) is 0 Å². The number of rotatable bonds is 3. The number of anilines is 1. The minimum absolute atomic E-state index is 0.0643. The van der Waals surface area contributed by atoms with Crippen molar-refractivity contribution in [2.45, 2.75) is 37.8 Å². The smallest absolute Gasteiger partial charge is 0.322 e. The number of likely N-dealkylation sites (tertiary alicyclic amines) is 2. The van der Waals surface area contributed by atoms with Gasteiger partial charge in [0, 0.05) is 19.6 Å². The highest BCUT2D eigenvalue weighted by molar-refractivity contribution is 6.33. The second kappa shape index (κ2) is 7.84. The number of urea groups is 1. The molecule has 0 saturated carbocycles. The van der Waals surface area contributed by atoms with Gasteiger partial charge >= 0.3 is 6.03 Å². The Labute approximate surface area is 170 Å². The molecule has 2 heterocycles. The number of piperidine rings is 1.